The van der Waals surface area contributed by atoms with Crippen molar-refractivity contribution in [1.29, 1.82) is 0 Å². The van der Waals surface area contributed by atoms with E-state index in [1.165, 1.54) is 18.1 Å². The molecule has 23 heavy (non-hydrogen) atoms. The molecule has 120 valence electrons. The molecule has 2 heterocycles. The fraction of sp³-hybridized carbons (Fsp3) is 0.333. The van der Waals surface area contributed by atoms with Gasteiger partial charge in [0.1, 0.15) is 11.9 Å². The predicted molar refractivity (Wildman–Crippen MR) is 88.3 cm³/mol. The number of nitrogens with one attached hydrogen (secondary N) is 2. The van der Waals surface area contributed by atoms with Gasteiger partial charge in [0.05, 0.1) is 16.6 Å². The molecule has 0 unspecified atom stereocenters. The summed E-state index contributed by atoms with van der Waals surface area (Å²) in [6.07, 6.45) is 1.40. The second-order valence-corrected chi connectivity index (χ2v) is 7.08. The van der Waals surface area contributed by atoms with E-state index in [2.05, 4.69) is 20.5 Å². The summed E-state index contributed by atoms with van der Waals surface area (Å²) in [6.45, 7) is 5.27. The third-order valence-corrected chi connectivity index (χ3v) is 4.73. The van der Waals surface area contributed by atoms with E-state index in [4.69, 9.17) is 0 Å². The Morgan fingerprint density at radius 3 is 2.78 bits per heavy atom. The lowest BCUT2D eigenvalue weighted by atomic mass is 9.96. The van der Waals surface area contributed by atoms with Gasteiger partial charge in [-0.15, -0.1) is 0 Å². The average molecular weight is 331 g/mol. The number of nitrogens with zero attached hydrogens (tertiary/aromatic N) is 3. The van der Waals surface area contributed by atoms with Gasteiger partial charge in [-0.05, 0) is 32.9 Å². The molecule has 1 aliphatic heterocycles. The van der Waals surface area contributed by atoms with Crippen LogP contribution in [0.5, 0.6) is 0 Å². The molecule has 1 aliphatic rings. The maximum atomic E-state index is 13.0. The first-order chi connectivity index (χ1) is 10.9. The number of para-hydroxylation sites is 2. The van der Waals surface area contributed by atoms with Crippen molar-refractivity contribution in [1.82, 2.24) is 15.2 Å². The molecule has 2 amide bonds. The molecule has 2 aromatic rings. The molecular formula is C15H17N5O2S. The fourth-order valence-electron chi connectivity index (χ4n) is 2.50. The summed E-state index contributed by atoms with van der Waals surface area (Å²) in [5.41, 5.74) is 0.371. The van der Waals surface area contributed by atoms with Crippen LogP contribution in [0.1, 0.15) is 20.8 Å². The highest BCUT2D eigenvalue weighted by Crippen LogP contribution is 2.38. The van der Waals surface area contributed by atoms with Gasteiger partial charge in [0, 0.05) is 0 Å². The van der Waals surface area contributed by atoms with E-state index in [1.54, 1.807) is 31.7 Å². The molecule has 7 nitrogen and oxygen atoms in total. The summed E-state index contributed by atoms with van der Waals surface area (Å²) in [5, 5.41) is 9.51. The molecule has 2 N–H and O–H groups in total. The lowest BCUT2D eigenvalue weighted by Crippen LogP contribution is -2.60. The summed E-state index contributed by atoms with van der Waals surface area (Å²) in [7, 11) is 0. The van der Waals surface area contributed by atoms with Gasteiger partial charge in [0.2, 0.25) is 11.8 Å². The standard InChI is InChI=1S/C15H17N5O2S/c1-9(23-14-16-8-17-19-14)12(21)20-11-7-5-4-6-10(11)18-13(22)15(20,2)3/h4-9H,1-3H3,(H,18,22)(H,16,17,19)/t9-/m0/s1. The van der Waals surface area contributed by atoms with Gasteiger partial charge in [0.15, 0.2) is 5.16 Å². The van der Waals surface area contributed by atoms with Gasteiger partial charge in [-0.25, -0.2) is 4.98 Å². The number of anilines is 2. The second-order valence-electron chi connectivity index (χ2n) is 5.75. The smallest absolute Gasteiger partial charge is 0.250 e. The Bertz CT molecular complexity index is 744. The van der Waals surface area contributed by atoms with Crippen molar-refractivity contribution in [3.63, 3.8) is 0 Å². The van der Waals surface area contributed by atoms with Crippen LogP contribution >= 0.6 is 11.8 Å². The molecule has 3 rings (SSSR count). The minimum Gasteiger partial charge on any atom is -0.322 e. The maximum absolute atomic E-state index is 13.0. The fourth-order valence-corrected chi connectivity index (χ4v) is 3.25. The van der Waals surface area contributed by atoms with E-state index in [9.17, 15) is 9.59 Å². The first kappa shape index (κ1) is 15.5. The van der Waals surface area contributed by atoms with Crippen LogP contribution in [0, 0.1) is 0 Å². The molecule has 1 aromatic heterocycles. The zero-order valence-corrected chi connectivity index (χ0v) is 13.8. The SMILES string of the molecule is C[C@H](Sc1ncn[nH]1)C(=O)N1c2ccccc2NC(=O)C1(C)C. The molecule has 0 bridgehead atoms. The minimum atomic E-state index is -0.971. The lowest BCUT2D eigenvalue weighted by molar-refractivity contribution is -0.126. The number of benzene rings is 1. The van der Waals surface area contributed by atoms with Crippen LogP contribution < -0.4 is 10.2 Å². The van der Waals surface area contributed by atoms with Crippen LogP contribution in [-0.4, -0.2) is 37.8 Å². The quantitative estimate of drug-likeness (QED) is 0.840. The molecule has 0 radical (unpaired) electrons. The largest absolute Gasteiger partial charge is 0.322 e. The van der Waals surface area contributed by atoms with E-state index in [0.717, 1.165) is 0 Å². The Morgan fingerprint density at radius 2 is 2.09 bits per heavy atom. The minimum absolute atomic E-state index is 0.154. The van der Waals surface area contributed by atoms with Crippen LogP contribution in [0.15, 0.2) is 35.7 Å². The van der Waals surface area contributed by atoms with Gasteiger partial charge in [-0.2, -0.15) is 5.10 Å². The summed E-state index contributed by atoms with van der Waals surface area (Å²) in [6, 6.07) is 7.30. The number of rotatable bonds is 3. The highest BCUT2D eigenvalue weighted by atomic mass is 32.2. The van der Waals surface area contributed by atoms with Crippen LogP contribution in [-0.2, 0) is 9.59 Å². The monoisotopic (exact) mass is 331 g/mol. The number of aromatic nitrogens is 3. The Hall–Kier alpha value is -2.35. The van der Waals surface area contributed by atoms with Crippen molar-refractivity contribution >= 4 is 35.0 Å². The van der Waals surface area contributed by atoms with Gasteiger partial charge >= 0.3 is 0 Å². The third kappa shape index (κ3) is 2.70. The number of aromatic amines is 1. The van der Waals surface area contributed by atoms with Crippen LogP contribution in [0.3, 0.4) is 0 Å². The molecule has 1 aromatic carbocycles. The Labute approximate surface area is 137 Å². The van der Waals surface area contributed by atoms with Crippen molar-refractivity contribution in [2.75, 3.05) is 10.2 Å². The zero-order valence-electron chi connectivity index (χ0n) is 13.0. The number of hydrogen-bond acceptors (Lipinski definition) is 5. The number of hydrogen-bond donors (Lipinski definition) is 2. The second kappa shape index (κ2) is 5.69. The molecule has 0 aliphatic carbocycles. The van der Waals surface area contributed by atoms with Crippen molar-refractivity contribution < 1.29 is 9.59 Å². The van der Waals surface area contributed by atoms with E-state index in [1.807, 2.05) is 18.2 Å². The van der Waals surface area contributed by atoms with E-state index < -0.39 is 10.8 Å². The first-order valence-corrected chi connectivity index (χ1v) is 8.06. The van der Waals surface area contributed by atoms with Crippen LogP contribution in [0.25, 0.3) is 0 Å². The van der Waals surface area contributed by atoms with Gasteiger partial charge in [0.25, 0.3) is 0 Å². The number of fused-ring (bicyclic) bond motifs is 1. The Kier molecular flexibility index (Phi) is 3.85. The Balaban J connectivity index is 1.95. The molecule has 8 heteroatoms. The first-order valence-electron chi connectivity index (χ1n) is 7.18. The highest BCUT2D eigenvalue weighted by Gasteiger charge is 2.44. The summed E-state index contributed by atoms with van der Waals surface area (Å²) in [4.78, 5) is 31.0. The third-order valence-electron chi connectivity index (χ3n) is 3.76. The topological polar surface area (TPSA) is 91.0 Å². The number of H-pyrrole nitrogens is 1. The molecule has 0 fully saturated rings. The Morgan fingerprint density at radius 1 is 1.35 bits per heavy atom. The number of carbonyl (C=O) groups is 2. The summed E-state index contributed by atoms with van der Waals surface area (Å²) < 4.78 is 0. The van der Waals surface area contributed by atoms with Gasteiger partial charge < -0.3 is 5.32 Å². The number of amides is 2. The van der Waals surface area contributed by atoms with E-state index >= 15 is 0 Å². The molecule has 0 saturated heterocycles. The van der Waals surface area contributed by atoms with Crippen molar-refractivity contribution in [2.45, 2.75) is 36.7 Å². The summed E-state index contributed by atoms with van der Waals surface area (Å²) >= 11 is 1.28. The van der Waals surface area contributed by atoms with Crippen LogP contribution in [0.4, 0.5) is 11.4 Å². The average Bonchev–Trinajstić information content (AvgIpc) is 3.00. The molecule has 0 spiro atoms. The van der Waals surface area contributed by atoms with Crippen molar-refractivity contribution in [3.05, 3.63) is 30.6 Å². The van der Waals surface area contributed by atoms with Gasteiger partial charge in [-0.3, -0.25) is 19.6 Å². The molecule has 0 saturated carbocycles. The predicted octanol–water partition coefficient (Wildman–Crippen LogP) is 2.05. The molecular weight excluding hydrogens is 314 g/mol. The summed E-state index contributed by atoms with van der Waals surface area (Å²) in [5.74, 6) is -0.361. The highest BCUT2D eigenvalue weighted by molar-refractivity contribution is 8.00. The molecule has 1 atom stereocenters. The van der Waals surface area contributed by atoms with E-state index in [-0.39, 0.29) is 11.8 Å². The normalized spacial score (nSPS) is 17.3. The maximum Gasteiger partial charge on any atom is 0.250 e. The van der Waals surface area contributed by atoms with E-state index in [0.29, 0.717) is 16.5 Å². The van der Waals surface area contributed by atoms with Gasteiger partial charge in [-0.1, -0.05) is 23.9 Å². The number of thioether (sulfide) groups is 1. The lowest BCUT2D eigenvalue weighted by Gasteiger charge is -2.42. The number of carbonyl (C=O) groups excluding carboxylic acids is 2. The van der Waals surface area contributed by atoms with Crippen molar-refractivity contribution in [3.8, 4) is 0 Å². The van der Waals surface area contributed by atoms with Crippen molar-refractivity contribution in [2.24, 2.45) is 0 Å². The van der Waals surface area contributed by atoms with Crippen LogP contribution in [0.2, 0.25) is 0 Å². The zero-order chi connectivity index (χ0) is 16.6.